The number of carbonyl (C=O) groups excluding carboxylic acids is 2. The van der Waals surface area contributed by atoms with Crippen LogP contribution in [-0.4, -0.2) is 92.0 Å². The Hall–Kier alpha value is -1.85. The average molecular weight is 361 g/mol. The van der Waals surface area contributed by atoms with Crippen LogP contribution in [0.25, 0.3) is 0 Å². The SMILES string of the molecule is O=C(O)CC(OCCOCCOCCOCCO)N1C(=O)C=CC1=O. The van der Waals surface area contributed by atoms with Crippen molar-refractivity contribution in [2.45, 2.75) is 12.6 Å². The lowest BCUT2D eigenvalue weighted by Gasteiger charge is -2.24. The molecule has 1 rings (SSSR count). The van der Waals surface area contributed by atoms with E-state index in [2.05, 4.69) is 0 Å². The first kappa shape index (κ1) is 21.2. The third kappa shape index (κ3) is 8.70. The molecule has 142 valence electrons. The van der Waals surface area contributed by atoms with Crippen molar-refractivity contribution in [1.29, 1.82) is 0 Å². The highest BCUT2D eigenvalue weighted by atomic mass is 16.6. The lowest BCUT2D eigenvalue weighted by molar-refractivity contribution is -0.159. The molecule has 0 radical (unpaired) electrons. The predicted octanol–water partition coefficient (Wildman–Crippen LogP) is -1.23. The molecule has 25 heavy (non-hydrogen) atoms. The van der Waals surface area contributed by atoms with Crippen LogP contribution < -0.4 is 0 Å². The van der Waals surface area contributed by atoms with Gasteiger partial charge in [-0.25, -0.2) is 4.90 Å². The molecule has 1 heterocycles. The molecule has 0 fully saturated rings. The summed E-state index contributed by atoms with van der Waals surface area (Å²) in [6, 6.07) is 0. The van der Waals surface area contributed by atoms with Crippen LogP contribution in [0.5, 0.6) is 0 Å². The first-order valence-electron chi connectivity index (χ1n) is 7.79. The number of aliphatic hydroxyl groups is 1. The van der Waals surface area contributed by atoms with Gasteiger partial charge in [0.25, 0.3) is 11.8 Å². The highest BCUT2D eigenvalue weighted by Crippen LogP contribution is 2.13. The normalized spacial score (nSPS) is 15.2. The fourth-order valence-electron chi connectivity index (χ4n) is 1.92. The molecule has 2 N–H and O–H groups in total. The monoisotopic (exact) mass is 361 g/mol. The molecule has 1 atom stereocenters. The maximum atomic E-state index is 11.6. The molecule has 10 heteroatoms. The molecule has 0 aromatic heterocycles. The van der Waals surface area contributed by atoms with Crippen LogP contribution in [0.4, 0.5) is 0 Å². The summed E-state index contributed by atoms with van der Waals surface area (Å²) in [5.74, 6) is -2.39. The van der Waals surface area contributed by atoms with Crippen LogP contribution in [0.15, 0.2) is 12.2 Å². The van der Waals surface area contributed by atoms with Gasteiger partial charge in [-0.15, -0.1) is 0 Å². The standard InChI is InChI=1S/C15H23NO9/c17-3-4-22-5-6-23-7-8-24-9-10-25-14(11-15(20)21)16-12(18)1-2-13(16)19/h1-2,14,17H,3-11H2,(H,20,21). The van der Waals surface area contributed by atoms with Gasteiger partial charge in [0.2, 0.25) is 0 Å². The van der Waals surface area contributed by atoms with E-state index in [0.717, 1.165) is 17.1 Å². The number of carbonyl (C=O) groups is 3. The second-order valence-corrected chi connectivity index (χ2v) is 4.86. The van der Waals surface area contributed by atoms with E-state index in [1.165, 1.54) is 0 Å². The first-order valence-corrected chi connectivity index (χ1v) is 7.79. The van der Waals surface area contributed by atoms with E-state index in [1.54, 1.807) is 0 Å². The maximum Gasteiger partial charge on any atom is 0.307 e. The Kier molecular flexibility index (Phi) is 10.6. The minimum absolute atomic E-state index is 0.0224. The molecule has 0 aromatic carbocycles. The fourth-order valence-corrected chi connectivity index (χ4v) is 1.92. The Morgan fingerprint density at radius 3 is 1.88 bits per heavy atom. The van der Waals surface area contributed by atoms with Gasteiger partial charge in [0.05, 0.1) is 59.3 Å². The molecule has 0 saturated heterocycles. The highest BCUT2D eigenvalue weighted by molar-refractivity contribution is 6.13. The van der Waals surface area contributed by atoms with Crippen molar-refractivity contribution >= 4 is 17.8 Å². The molecule has 1 aliphatic heterocycles. The third-order valence-electron chi connectivity index (χ3n) is 3.00. The maximum absolute atomic E-state index is 11.6. The van der Waals surface area contributed by atoms with Gasteiger partial charge >= 0.3 is 5.97 Å². The quantitative estimate of drug-likeness (QED) is 0.272. The fraction of sp³-hybridized carbons (Fsp3) is 0.667. The van der Waals surface area contributed by atoms with Crippen molar-refractivity contribution in [3.63, 3.8) is 0 Å². The van der Waals surface area contributed by atoms with Crippen LogP contribution in [0, 0.1) is 0 Å². The number of carboxylic acid groups (broad SMARTS) is 1. The number of aliphatic hydroxyl groups excluding tert-OH is 1. The number of aliphatic carboxylic acids is 1. The van der Waals surface area contributed by atoms with Gasteiger partial charge in [-0.05, 0) is 0 Å². The van der Waals surface area contributed by atoms with E-state index in [0.29, 0.717) is 26.4 Å². The Morgan fingerprint density at radius 2 is 1.40 bits per heavy atom. The smallest absolute Gasteiger partial charge is 0.307 e. The number of amides is 2. The molecule has 0 aliphatic carbocycles. The lowest BCUT2D eigenvalue weighted by atomic mass is 10.3. The Morgan fingerprint density at radius 1 is 0.920 bits per heavy atom. The van der Waals surface area contributed by atoms with Gasteiger partial charge in [0.15, 0.2) is 6.23 Å². The largest absolute Gasteiger partial charge is 0.481 e. The number of nitrogens with zero attached hydrogens (tertiary/aromatic N) is 1. The van der Waals surface area contributed by atoms with Gasteiger partial charge in [0, 0.05) is 12.2 Å². The number of carboxylic acids is 1. The van der Waals surface area contributed by atoms with Gasteiger partial charge in [-0.3, -0.25) is 14.4 Å². The molecular formula is C15H23NO9. The van der Waals surface area contributed by atoms with E-state index < -0.39 is 30.4 Å². The Balaban J connectivity index is 2.13. The summed E-state index contributed by atoms with van der Waals surface area (Å²) in [6.45, 7) is 1.82. The topological polar surface area (TPSA) is 132 Å². The molecule has 10 nitrogen and oxygen atoms in total. The molecule has 2 amide bonds. The van der Waals surface area contributed by atoms with Crippen LogP contribution in [0.3, 0.4) is 0 Å². The van der Waals surface area contributed by atoms with Gasteiger partial charge in [-0.1, -0.05) is 0 Å². The number of hydrogen-bond donors (Lipinski definition) is 2. The average Bonchev–Trinajstić information content (AvgIpc) is 2.90. The minimum Gasteiger partial charge on any atom is -0.481 e. The Labute approximate surface area is 144 Å². The molecule has 1 aliphatic rings. The molecule has 0 aromatic rings. The van der Waals surface area contributed by atoms with Crippen molar-refractivity contribution < 1.29 is 43.5 Å². The van der Waals surface area contributed by atoms with Crippen molar-refractivity contribution in [2.75, 3.05) is 52.9 Å². The van der Waals surface area contributed by atoms with E-state index in [1.807, 2.05) is 0 Å². The zero-order valence-electron chi connectivity index (χ0n) is 13.8. The summed E-state index contributed by atoms with van der Waals surface area (Å²) in [5.41, 5.74) is 0. The summed E-state index contributed by atoms with van der Waals surface area (Å²) in [7, 11) is 0. The van der Waals surface area contributed by atoms with Crippen molar-refractivity contribution in [1.82, 2.24) is 4.90 Å². The van der Waals surface area contributed by atoms with Crippen molar-refractivity contribution in [3.05, 3.63) is 12.2 Å². The number of imide groups is 1. The lowest BCUT2D eigenvalue weighted by Crippen LogP contribution is -2.43. The Bertz CT molecular complexity index is 448. The van der Waals surface area contributed by atoms with Crippen molar-refractivity contribution in [2.24, 2.45) is 0 Å². The van der Waals surface area contributed by atoms with Crippen LogP contribution in [-0.2, 0) is 33.3 Å². The van der Waals surface area contributed by atoms with Crippen LogP contribution >= 0.6 is 0 Å². The minimum atomic E-state index is -1.18. The summed E-state index contributed by atoms with van der Waals surface area (Å²) in [4.78, 5) is 34.8. The summed E-state index contributed by atoms with van der Waals surface area (Å²) >= 11 is 0. The van der Waals surface area contributed by atoms with Crippen LogP contribution in [0.2, 0.25) is 0 Å². The molecular weight excluding hydrogens is 338 g/mol. The van der Waals surface area contributed by atoms with E-state index >= 15 is 0 Å². The zero-order chi connectivity index (χ0) is 18.5. The molecule has 0 spiro atoms. The van der Waals surface area contributed by atoms with Gasteiger partial charge < -0.3 is 29.2 Å². The van der Waals surface area contributed by atoms with E-state index in [9.17, 15) is 14.4 Å². The summed E-state index contributed by atoms with van der Waals surface area (Å²) < 4.78 is 20.8. The summed E-state index contributed by atoms with van der Waals surface area (Å²) in [6.07, 6.45) is 0.462. The molecule has 0 saturated carbocycles. The zero-order valence-corrected chi connectivity index (χ0v) is 13.8. The number of hydrogen-bond acceptors (Lipinski definition) is 8. The summed E-state index contributed by atoms with van der Waals surface area (Å²) in [5, 5.41) is 17.4. The van der Waals surface area contributed by atoms with E-state index in [4.69, 9.17) is 29.2 Å². The first-order chi connectivity index (χ1) is 12.1. The number of rotatable bonds is 15. The van der Waals surface area contributed by atoms with Gasteiger partial charge in [-0.2, -0.15) is 0 Å². The van der Waals surface area contributed by atoms with Crippen molar-refractivity contribution in [3.8, 4) is 0 Å². The highest BCUT2D eigenvalue weighted by Gasteiger charge is 2.33. The second-order valence-electron chi connectivity index (χ2n) is 4.86. The van der Waals surface area contributed by atoms with Gasteiger partial charge in [0.1, 0.15) is 0 Å². The molecule has 0 bridgehead atoms. The number of ether oxygens (including phenoxy) is 4. The molecule has 1 unspecified atom stereocenters. The predicted molar refractivity (Wildman–Crippen MR) is 82.5 cm³/mol. The third-order valence-corrected chi connectivity index (χ3v) is 3.00. The van der Waals surface area contributed by atoms with Crippen LogP contribution in [0.1, 0.15) is 6.42 Å². The van der Waals surface area contributed by atoms with E-state index in [-0.39, 0.29) is 26.4 Å². The second kappa shape index (κ2) is 12.5.